The number of hydrogen-bond donors (Lipinski definition) is 0. The summed E-state index contributed by atoms with van der Waals surface area (Å²) in [5.74, 6) is -0.818. The highest BCUT2D eigenvalue weighted by molar-refractivity contribution is 7.92. The largest absolute Gasteiger partial charge is 0.292 e. The lowest BCUT2D eigenvalue weighted by atomic mass is 10.2. The van der Waals surface area contributed by atoms with Crippen LogP contribution in [0.4, 0.5) is 0 Å². The predicted octanol–water partition coefficient (Wildman–Crippen LogP) is 3.33. The van der Waals surface area contributed by atoms with Crippen LogP contribution in [-0.2, 0) is 9.84 Å². The lowest BCUT2D eigenvalue weighted by Crippen LogP contribution is -2.16. The summed E-state index contributed by atoms with van der Waals surface area (Å²) in [6.45, 7) is 5.47. The minimum atomic E-state index is -3.59. The molecule has 2 rings (SSSR count). The van der Waals surface area contributed by atoms with Gasteiger partial charge in [0.1, 0.15) is 5.75 Å². The van der Waals surface area contributed by atoms with E-state index in [9.17, 15) is 13.2 Å². The molecule has 0 amide bonds. The molecule has 20 heavy (non-hydrogen) atoms. The van der Waals surface area contributed by atoms with Crippen molar-refractivity contribution in [1.29, 1.82) is 0 Å². The van der Waals surface area contributed by atoms with Crippen LogP contribution in [0.2, 0.25) is 0 Å². The van der Waals surface area contributed by atoms with Crippen molar-refractivity contribution in [3.63, 3.8) is 0 Å². The van der Waals surface area contributed by atoms with Crippen LogP contribution in [0.5, 0.6) is 0 Å². The van der Waals surface area contributed by atoms with E-state index < -0.39 is 15.6 Å². The average molecular weight is 308 g/mol. The highest BCUT2D eigenvalue weighted by Gasteiger charge is 2.23. The Labute approximate surface area is 123 Å². The lowest BCUT2D eigenvalue weighted by molar-refractivity contribution is 0.102. The molecule has 0 aliphatic heterocycles. The zero-order valence-electron chi connectivity index (χ0n) is 11.6. The van der Waals surface area contributed by atoms with E-state index >= 15 is 0 Å². The van der Waals surface area contributed by atoms with E-state index in [-0.39, 0.29) is 10.7 Å². The van der Waals surface area contributed by atoms with Gasteiger partial charge in [-0.3, -0.25) is 4.79 Å². The van der Waals surface area contributed by atoms with E-state index in [4.69, 9.17) is 0 Å². The van der Waals surface area contributed by atoms with Crippen molar-refractivity contribution < 1.29 is 13.2 Å². The van der Waals surface area contributed by atoms with Crippen molar-refractivity contribution in [2.24, 2.45) is 0 Å². The summed E-state index contributed by atoms with van der Waals surface area (Å²) in [6.07, 6.45) is 0. The third-order valence-corrected chi connectivity index (χ3v) is 5.81. The average Bonchev–Trinajstić information content (AvgIpc) is 2.78. The topological polar surface area (TPSA) is 51.2 Å². The smallest absolute Gasteiger partial charge is 0.188 e. The van der Waals surface area contributed by atoms with Crippen molar-refractivity contribution in [1.82, 2.24) is 0 Å². The summed E-state index contributed by atoms with van der Waals surface area (Å²) >= 11 is 1.33. The molecule has 0 saturated carbocycles. The van der Waals surface area contributed by atoms with Gasteiger partial charge in [-0.25, -0.2) is 8.42 Å². The van der Waals surface area contributed by atoms with Gasteiger partial charge >= 0.3 is 0 Å². The molecule has 0 spiro atoms. The van der Waals surface area contributed by atoms with Gasteiger partial charge in [0.15, 0.2) is 15.6 Å². The highest BCUT2D eigenvalue weighted by atomic mass is 32.2. The second-order valence-electron chi connectivity index (χ2n) is 4.86. The third kappa shape index (κ3) is 3.16. The number of aryl methyl sites for hydroxylation is 3. The highest BCUT2D eigenvalue weighted by Crippen LogP contribution is 2.21. The Balaban J connectivity index is 2.32. The number of thiophene rings is 1. The molecule has 3 nitrogen and oxygen atoms in total. The van der Waals surface area contributed by atoms with Crippen LogP contribution in [0, 0.1) is 20.8 Å². The Morgan fingerprint density at radius 1 is 1.10 bits per heavy atom. The van der Waals surface area contributed by atoms with Crippen LogP contribution < -0.4 is 0 Å². The Morgan fingerprint density at radius 2 is 1.80 bits per heavy atom. The molecule has 1 aromatic heterocycles. The van der Waals surface area contributed by atoms with Gasteiger partial charge in [0, 0.05) is 4.88 Å². The fraction of sp³-hybridized carbons (Fsp3) is 0.267. The van der Waals surface area contributed by atoms with E-state index in [1.54, 1.807) is 25.1 Å². The van der Waals surface area contributed by atoms with Crippen molar-refractivity contribution in [2.75, 3.05) is 5.75 Å². The van der Waals surface area contributed by atoms with Crippen molar-refractivity contribution in [3.05, 3.63) is 51.2 Å². The number of rotatable bonds is 4. The fourth-order valence-corrected chi connectivity index (χ4v) is 4.42. The summed E-state index contributed by atoms with van der Waals surface area (Å²) in [4.78, 5) is 13.8. The summed E-state index contributed by atoms with van der Waals surface area (Å²) < 4.78 is 24.8. The number of hydrogen-bond acceptors (Lipinski definition) is 4. The van der Waals surface area contributed by atoms with E-state index in [1.807, 2.05) is 26.0 Å². The molecule has 1 aromatic carbocycles. The SMILES string of the molecule is Cc1ccc(C)c(S(=O)(=O)CC(=O)c2ccc(C)s2)c1. The Hall–Kier alpha value is -1.46. The van der Waals surface area contributed by atoms with Gasteiger partial charge in [0.2, 0.25) is 0 Å². The van der Waals surface area contributed by atoms with Gasteiger partial charge in [-0.15, -0.1) is 11.3 Å². The quantitative estimate of drug-likeness (QED) is 0.814. The molecule has 0 N–H and O–H groups in total. The first-order valence-electron chi connectivity index (χ1n) is 6.19. The van der Waals surface area contributed by atoms with Crippen molar-refractivity contribution >= 4 is 27.0 Å². The molecule has 106 valence electrons. The van der Waals surface area contributed by atoms with E-state index in [0.29, 0.717) is 10.4 Å². The van der Waals surface area contributed by atoms with Gasteiger partial charge in [-0.05, 0) is 50.1 Å². The first-order chi connectivity index (χ1) is 9.29. The molecule has 0 bridgehead atoms. The molecule has 0 aliphatic rings. The van der Waals surface area contributed by atoms with Gasteiger partial charge in [0.05, 0.1) is 9.77 Å². The molecule has 0 fully saturated rings. The summed E-state index contributed by atoms with van der Waals surface area (Å²) in [5.41, 5.74) is 1.54. The normalized spacial score (nSPS) is 11.6. The molecule has 2 aromatic rings. The van der Waals surface area contributed by atoms with Crippen LogP contribution >= 0.6 is 11.3 Å². The molecular weight excluding hydrogens is 292 g/mol. The molecule has 0 atom stereocenters. The zero-order valence-corrected chi connectivity index (χ0v) is 13.3. The number of sulfone groups is 1. The number of benzene rings is 1. The summed E-state index contributed by atoms with van der Waals surface area (Å²) in [5, 5.41) is 0. The summed E-state index contributed by atoms with van der Waals surface area (Å²) in [6, 6.07) is 8.75. The molecule has 0 unspecified atom stereocenters. The Kier molecular flexibility index (Phi) is 4.11. The fourth-order valence-electron chi connectivity index (χ4n) is 1.95. The lowest BCUT2D eigenvalue weighted by Gasteiger charge is -2.07. The number of carbonyl (C=O) groups excluding carboxylic acids is 1. The Bertz CT molecular complexity index is 755. The maximum absolute atomic E-state index is 12.4. The predicted molar refractivity (Wildman–Crippen MR) is 81.4 cm³/mol. The zero-order chi connectivity index (χ0) is 14.9. The number of ketones is 1. The molecule has 5 heteroatoms. The maximum atomic E-state index is 12.4. The number of Topliss-reactive ketones (excluding diaryl/α,β-unsaturated/α-hetero) is 1. The van der Waals surface area contributed by atoms with E-state index in [1.165, 1.54) is 11.3 Å². The maximum Gasteiger partial charge on any atom is 0.188 e. The van der Waals surface area contributed by atoms with Gasteiger partial charge in [-0.1, -0.05) is 12.1 Å². The van der Waals surface area contributed by atoms with Gasteiger partial charge in [0.25, 0.3) is 0 Å². The van der Waals surface area contributed by atoms with Crippen LogP contribution in [-0.4, -0.2) is 20.0 Å². The second kappa shape index (κ2) is 5.50. The van der Waals surface area contributed by atoms with Crippen molar-refractivity contribution in [3.8, 4) is 0 Å². The summed E-state index contributed by atoms with van der Waals surface area (Å²) in [7, 11) is -3.59. The van der Waals surface area contributed by atoms with Crippen LogP contribution in [0.3, 0.4) is 0 Å². The minimum absolute atomic E-state index is 0.249. The standard InChI is InChI=1S/C15H16O3S2/c1-10-4-5-11(2)15(8-10)20(17,18)9-13(16)14-7-6-12(3)19-14/h4-8H,9H2,1-3H3. The molecule has 0 radical (unpaired) electrons. The number of carbonyl (C=O) groups is 1. The second-order valence-corrected chi connectivity index (χ2v) is 8.11. The van der Waals surface area contributed by atoms with Crippen LogP contribution in [0.15, 0.2) is 35.2 Å². The van der Waals surface area contributed by atoms with Gasteiger partial charge in [-0.2, -0.15) is 0 Å². The molecule has 1 heterocycles. The van der Waals surface area contributed by atoms with E-state index in [0.717, 1.165) is 10.4 Å². The van der Waals surface area contributed by atoms with Gasteiger partial charge < -0.3 is 0 Å². The monoisotopic (exact) mass is 308 g/mol. The first-order valence-corrected chi connectivity index (χ1v) is 8.66. The molecule has 0 saturated heterocycles. The van der Waals surface area contributed by atoms with E-state index in [2.05, 4.69) is 0 Å². The Morgan fingerprint density at radius 3 is 2.40 bits per heavy atom. The van der Waals surface area contributed by atoms with Crippen LogP contribution in [0.25, 0.3) is 0 Å². The third-order valence-electron chi connectivity index (χ3n) is 3.02. The molecular formula is C15H16O3S2. The van der Waals surface area contributed by atoms with Crippen molar-refractivity contribution in [2.45, 2.75) is 25.7 Å². The minimum Gasteiger partial charge on any atom is -0.292 e. The van der Waals surface area contributed by atoms with Crippen LogP contribution in [0.1, 0.15) is 25.7 Å². The first kappa shape index (κ1) is 14.9. The molecule has 0 aliphatic carbocycles.